The van der Waals surface area contributed by atoms with Crippen molar-refractivity contribution in [3.8, 4) is 0 Å². The number of hydrogen-bond acceptors (Lipinski definition) is 7. The molecule has 0 spiro atoms. The number of nitrogens with one attached hydrogen (secondary N) is 1. The van der Waals surface area contributed by atoms with Crippen LogP contribution in [0.3, 0.4) is 0 Å². The quantitative estimate of drug-likeness (QED) is 0.415. The third-order valence-electron chi connectivity index (χ3n) is 7.69. The van der Waals surface area contributed by atoms with Gasteiger partial charge in [-0.2, -0.15) is 0 Å². The monoisotopic (exact) mass is 501 g/mol. The fourth-order valence-corrected chi connectivity index (χ4v) is 5.24. The number of nitrogens with zero attached hydrogens (tertiary/aromatic N) is 6. The summed E-state index contributed by atoms with van der Waals surface area (Å²) in [6, 6.07) is 12.3. The summed E-state index contributed by atoms with van der Waals surface area (Å²) in [6.45, 7) is 12.7. The van der Waals surface area contributed by atoms with Gasteiger partial charge in [0.1, 0.15) is 6.04 Å². The molecule has 0 saturated carbocycles. The second kappa shape index (κ2) is 10.4. The second-order valence-corrected chi connectivity index (χ2v) is 9.98. The number of aryl methyl sites for hydroxylation is 3. The van der Waals surface area contributed by atoms with Crippen LogP contribution in [0.25, 0.3) is 10.9 Å². The minimum absolute atomic E-state index is 0.112. The van der Waals surface area contributed by atoms with Crippen molar-refractivity contribution in [1.82, 2.24) is 30.1 Å². The highest BCUT2D eigenvalue weighted by molar-refractivity contribution is 5.81. The second-order valence-electron chi connectivity index (χ2n) is 9.98. The van der Waals surface area contributed by atoms with Crippen LogP contribution >= 0.6 is 0 Å². The molecule has 9 heteroatoms. The minimum Gasteiger partial charge on any atom is -0.383 e. The number of methoxy groups -OCH3 is 1. The maximum absolute atomic E-state index is 13.5. The Morgan fingerprint density at radius 2 is 1.76 bits per heavy atom. The Hall–Kier alpha value is -3.56. The predicted molar refractivity (Wildman–Crippen MR) is 145 cm³/mol. The largest absolute Gasteiger partial charge is 0.383 e. The Balaban J connectivity index is 1.53. The van der Waals surface area contributed by atoms with E-state index >= 15 is 0 Å². The van der Waals surface area contributed by atoms with Gasteiger partial charge in [0.2, 0.25) is 0 Å². The highest BCUT2D eigenvalue weighted by Gasteiger charge is 2.33. The number of rotatable bonds is 7. The summed E-state index contributed by atoms with van der Waals surface area (Å²) in [4.78, 5) is 21.4. The number of benzene rings is 2. The van der Waals surface area contributed by atoms with Crippen LogP contribution in [0.2, 0.25) is 0 Å². The Kier molecular flexibility index (Phi) is 7.08. The summed E-state index contributed by atoms with van der Waals surface area (Å²) in [5, 5.41) is 13.6. The molecule has 1 saturated heterocycles. The standard InChI is InChI=1S/C28H35N7O2/c1-18-7-6-8-25(21(18)4)33-9-11-34(12-10-33)26(27-30-31-32-35(27)13-14-37-5)23-17-22-15-19(2)20(3)16-24(22)29-28(23)36/h6-8,15-17,26H,9-14H2,1-5H3,(H,29,36)/t26-/m1/s1. The summed E-state index contributed by atoms with van der Waals surface area (Å²) < 4.78 is 7.05. The minimum atomic E-state index is -0.373. The Bertz CT molecular complexity index is 1470. The lowest BCUT2D eigenvalue weighted by Gasteiger charge is -2.40. The van der Waals surface area contributed by atoms with E-state index in [4.69, 9.17) is 4.74 Å². The van der Waals surface area contributed by atoms with Gasteiger partial charge in [0.15, 0.2) is 5.82 Å². The van der Waals surface area contributed by atoms with E-state index in [-0.39, 0.29) is 11.6 Å². The van der Waals surface area contributed by atoms with Crippen LogP contribution in [-0.2, 0) is 11.3 Å². The number of tetrazole rings is 1. The number of aromatic amines is 1. The van der Waals surface area contributed by atoms with Gasteiger partial charge in [-0.3, -0.25) is 9.69 Å². The molecule has 4 aromatic rings. The molecule has 0 amide bonds. The number of anilines is 1. The smallest absolute Gasteiger partial charge is 0.253 e. The summed E-state index contributed by atoms with van der Waals surface area (Å²) in [5.41, 5.74) is 7.61. The molecule has 1 N–H and O–H groups in total. The number of hydrogen-bond donors (Lipinski definition) is 1. The van der Waals surface area contributed by atoms with Crippen molar-refractivity contribution in [3.63, 3.8) is 0 Å². The average molecular weight is 502 g/mol. The van der Waals surface area contributed by atoms with Crippen LogP contribution in [0.1, 0.15) is 39.7 Å². The Morgan fingerprint density at radius 1 is 1.00 bits per heavy atom. The third-order valence-corrected chi connectivity index (χ3v) is 7.69. The van der Waals surface area contributed by atoms with E-state index in [0.29, 0.717) is 24.5 Å². The van der Waals surface area contributed by atoms with E-state index in [1.54, 1.807) is 11.8 Å². The number of ether oxygens (including phenoxy) is 1. The lowest BCUT2D eigenvalue weighted by Crippen LogP contribution is -2.49. The molecule has 0 aliphatic carbocycles. The van der Waals surface area contributed by atoms with Gasteiger partial charge in [0.25, 0.3) is 5.56 Å². The normalized spacial score (nSPS) is 15.4. The van der Waals surface area contributed by atoms with E-state index in [2.05, 4.69) is 82.3 Å². The fraction of sp³-hybridized carbons (Fsp3) is 0.429. The van der Waals surface area contributed by atoms with Gasteiger partial charge in [-0.1, -0.05) is 12.1 Å². The fourth-order valence-electron chi connectivity index (χ4n) is 5.24. The average Bonchev–Trinajstić information content (AvgIpc) is 3.34. The summed E-state index contributed by atoms with van der Waals surface area (Å²) in [5.74, 6) is 0.658. The van der Waals surface area contributed by atoms with E-state index in [1.807, 2.05) is 12.1 Å². The predicted octanol–water partition coefficient (Wildman–Crippen LogP) is 3.31. The third kappa shape index (κ3) is 4.89. The van der Waals surface area contributed by atoms with E-state index in [0.717, 1.165) is 42.6 Å². The Labute approximate surface area is 217 Å². The molecule has 1 aliphatic rings. The molecule has 2 aromatic carbocycles. The van der Waals surface area contributed by atoms with Crippen LogP contribution in [0.15, 0.2) is 41.2 Å². The van der Waals surface area contributed by atoms with Crippen LogP contribution in [0.4, 0.5) is 5.69 Å². The number of pyridine rings is 1. The molecule has 0 radical (unpaired) electrons. The molecule has 5 rings (SSSR count). The van der Waals surface area contributed by atoms with Crippen LogP contribution in [0, 0.1) is 27.7 Å². The lowest BCUT2D eigenvalue weighted by molar-refractivity contribution is 0.171. The summed E-state index contributed by atoms with van der Waals surface area (Å²) in [6.07, 6.45) is 0. The molecule has 37 heavy (non-hydrogen) atoms. The summed E-state index contributed by atoms with van der Waals surface area (Å²) in [7, 11) is 1.66. The Morgan fingerprint density at radius 3 is 2.51 bits per heavy atom. The molecule has 1 atom stereocenters. The van der Waals surface area contributed by atoms with Crippen molar-refractivity contribution in [1.29, 1.82) is 0 Å². The number of fused-ring (bicyclic) bond motifs is 1. The van der Waals surface area contributed by atoms with Gasteiger partial charge in [-0.05, 0) is 90.0 Å². The molecule has 0 unspecified atom stereocenters. The zero-order valence-corrected chi connectivity index (χ0v) is 22.3. The highest BCUT2D eigenvalue weighted by atomic mass is 16.5. The van der Waals surface area contributed by atoms with Crippen molar-refractivity contribution in [3.05, 3.63) is 80.4 Å². The number of H-pyrrole nitrogens is 1. The van der Waals surface area contributed by atoms with E-state index in [1.165, 1.54) is 22.4 Å². The van der Waals surface area contributed by atoms with E-state index < -0.39 is 0 Å². The molecule has 1 fully saturated rings. The molecular weight excluding hydrogens is 466 g/mol. The zero-order chi connectivity index (χ0) is 26.1. The van der Waals surface area contributed by atoms with Gasteiger partial charge < -0.3 is 14.6 Å². The van der Waals surface area contributed by atoms with Crippen molar-refractivity contribution in [2.75, 3.05) is 44.8 Å². The first-order valence-corrected chi connectivity index (χ1v) is 12.8. The van der Waals surface area contributed by atoms with Crippen molar-refractivity contribution in [2.24, 2.45) is 0 Å². The van der Waals surface area contributed by atoms with Crippen LogP contribution < -0.4 is 10.5 Å². The zero-order valence-electron chi connectivity index (χ0n) is 22.3. The maximum Gasteiger partial charge on any atom is 0.253 e. The molecule has 3 heterocycles. The first-order chi connectivity index (χ1) is 17.9. The molecule has 9 nitrogen and oxygen atoms in total. The maximum atomic E-state index is 13.5. The first kappa shape index (κ1) is 25.1. The molecule has 2 aromatic heterocycles. The van der Waals surface area contributed by atoms with Gasteiger partial charge in [-0.25, -0.2) is 4.68 Å². The van der Waals surface area contributed by atoms with Crippen molar-refractivity contribution < 1.29 is 4.74 Å². The highest BCUT2D eigenvalue weighted by Crippen LogP contribution is 2.30. The van der Waals surface area contributed by atoms with Gasteiger partial charge in [0.05, 0.1) is 13.2 Å². The molecule has 0 bridgehead atoms. The van der Waals surface area contributed by atoms with Gasteiger partial charge in [-0.15, -0.1) is 5.10 Å². The van der Waals surface area contributed by atoms with E-state index in [9.17, 15) is 4.79 Å². The van der Waals surface area contributed by atoms with Crippen molar-refractivity contribution in [2.45, 2.75) is 40.3 Å². The van der Waals surface area contributed by atoms with Crippen LogP contribution in [0.5, 0.6) is 0 Å². The summed E-state index contributed by atoms with van der Waals surface area (Å²) >= 11 is 0. The first-order valence-electron chi connectivity index (χ1n) is 12.8. The van der Waals surface area contributed by atoms with Crippen LogP contribution in [-0.4, -0.2) is 70.0 Å². The SMILES string of the molecule is COCCn1nnnc1[C@@H](c1cc2cc(C)c(C)cc2[nH]c1=O)N1CCN(c2cccc(C)c2C)CC1. The van der Waals surface area contributed by atoms with Gasteiger partial charge >= 0.3 is 0 Å². The molecule has 194 valence electrons. The lowest BCUT2D eigenvalue weighted by atomic mass is 10.00. The number of piperazine rings is 1. The molecular formula is C28H35N7O2. The van der Waals surface area contributed by atoms with Gasteiger partial charge in [0, 0.05) is 50.1 Å². The number of aromatic nitrogens is 5. The topological polar surface area (TPSA) is 92.2 Å². The van der Waals surface area contributed by atoms with Crippen molar-refractivity contribution >= 4 is 16.6 Å². The molecule has 1 aliphatic heterocycles.